The number of nitrogens with one attached hydrogen (secondary N) is 2. The van der Waals surface area contributed by atoms with Gasteiger partial charge in [0.05, 0.1) is 12.7 Å². The summed E-state index contributed by atoms with van der Waals surface area (Å²) in [5, 5.41) is 0. The van der Waals surface area contributed by atoms with Gasteiger partial charge in [0.2, 0.25) is 0 Å². The van der Waals surface area contributed by atoms with Gasteiger partial charge in [-0.25, -0.2) is 14.6 Å². The van der Waals surface area contributed by atoms with Crippen LogP contribution in [-0.4, -0.2) is 19.1 Å². The topological polar surface area (TPSA) is 67.4 Å². The number of hydrogen-bond acceptors (Lipinski definition) is 3. The van der Waals surface area contributed by atoms with Crippen LogP contribution in [0.4, 0.5) is 9.18 Å². The number of carbonyl (C=O) groups excluding carboxylic acids is 2. The van der Waals surface area contributed by atoms with Crippen molar-refractivity contribution in [2.24, 2.45) is 0 Å². The zero-order chi connectivity index (χ0) is 11.3. The lowest BCUT2D eigenvalue weighted by molar-refractivity contribution is 0.0916. The van der Waals surface area contributed by atoms with Gasteiger partial charge in [0.25, 0.3) is 5.91 Å². The van der Waals surface area contributed by atoms with Gasteiger partial charge in [-0.1, -0.05) is 12.1 Å². The molecule has 80 valence electrons. The molecular formula is C9H9FN2O3. The van der Waals surface area contributed by atoms with Crippen LogP contribution in [0.5, 0.6) is 0 Å². The number of amides is 2. The molecule has 0 aromatic heterocycles. The first-order valence-electron chi connectivity index (χ1n) is 4.04. The fourth-order valence-corrected chi connectivity index (χ4v) is 0.872. The zero-order valence-corrected chi connectivity index (χ0v) is 7.91. The van der Waals surface area contributed by atoms with Crippen molar-refractivity contribution in [3.63, 3.8) is 0 Å². The summed E-state index contributed by atoms with van der Waals surface area (Å²) in [5.41, 5.74) is 3.76. The third-order valence-corrected chi connectivity index (χ3v) is 1.58. The molecule has 2 N–H and O–H groups in total. The van der Waals surface area contributed by atoms with Gasteiger partial charge in [-0.15, -0.1) is 0 Å². The van der Waals surface area contributed by atoms with E-state index in [2.05, 4.69) is 4.74 Å². The highest BCUT2D eigenvalue weighted by molar-refractivity contribution is 5.95. The average Bonchev–Trinajstić information content (AvgIpc) is 2.26. The molecule has 6 heteroatoms. The van der Waals surface area contributed by atoms with Crippen molar-refractivity contribution < 1.29 is 18.7 Å². The third kappa shape index (κ3) is 2.94. The fraction of sp³-hybridized carbons (Fsp3) is 0.111. The second kappa shape index (κ2) is 4.94. The summed E-state index contributed by atoms with van der Waals surface area (Å²) in [6, 6.07) is 5.41. The van der Waals surface area contributed by atoms with Gasteiger partial charge in [-0.3, -0.25) is 10.2 Å². The van der Waals surface area contributed by atoms with Gasteiger partial charge in [-0.05, 0) is 12.1 Å². The summed E-state index contributed by atoms with van der Waals surface area (Å²) in [7, 11) is 1.14. The maximum atomic E-state index is 13.0. The molecule has 0 atom stereocenters. The summed E-state index contributed by atoms with van der Waals surface area (Å²) in [4.78, 5) is 21.9. The normalized spacial score (nSPS) is 9.20. The van der Waals surface area contributed by atoms with Crippen molar-refractivity contribution in [2.75, 3.05) is 7.11 Å². The quantitative estimate of drug-likeness (QED) is 0.677. The van der Waals surface area contributed by atoms with E-state index in [0.29, 0.717) is 0 Å². The molecule has 15 heavy (non-hydrogen) atoms. The van der Waals surface area contributed by atoms with Crippen molar-refractivity contribution in [2.45, 2.75) is 0 Å². The first-order valence-corrected chi connectivity index (χ1v) is 4.04. The second-order valence-corrected chi connectivity index (χ2v) is 2.55. The Balaban J connectivity index is 2.62. The first-order chi connectivity index (χ1) is 7.15. The molecule has 0 unspecified atom stereocenters. The number of methoxy groups -OCH3 is 1. The Bertz CT molecular complexity index is 381. The number of hydrazine groups is 1. The summed E-state index contributed by atoms with van der Waals surface area (Å²) in [6.07, 6.45) is -0.834. The van der Waals surface area contributed by atoms with E-state index in [4.69, 9.17) is 0 Å². The van der Waals surface area contributed by atoms with E-state index >= 15 is 0 Å². The summed E-state index contributed by atoms with van der Waals surface area (Å²) < 4.78 is 17.2. The maximum Gasteiger partial charge on any atom is 0.425 e. The molecule has 0 saturated carbocycles. The Hall–Kier alpha value is -2.11. The van der Waals surface area contributed by atoms with Gasteiger partial charge in [0.1, 0.15) is 5.82 Å². The molecule has 5 nitrogen and oxygen atoms in total. The standard InChI is InChI=1S/C9H9FN2O3/c1-15-9(14)12-11-8(13)6-4-2-3-5-7(6)10/h2-5H,1H3,(H,11,13)(H,12,14). The van der Waals surface area contributed by atoms with E-state index in [1.54, 1.807) is 0 Å². The molecule has 1 aromatic carbocycles. The second-order valence-electron chi connectivity index (χ2n) is 2.55. The van der Waals surface area contributed by atoms with Gasteiger partial charge in [-0.2, -0.15) is 0 Å². The summed E-state index contributed by atoms with van der Waals surface area (Å²) in [6.45, 7) is 0. The first kappa shape index (κ1) is 11.0. The van der Waals surface area contributed by atoms with Gasteiger partial charge in [0.15, 0.2) is 0 Å². The van der Waals surface area contributed by atoms with Gasteiger partial charge < -0.3 is 4.74 Å². The molecule has 1 aromatic rings. The molecular weight excluding hydrogens is 203 g/mol. The molecule has 2 amide bonds. The average molecular weight is 212 g/mol. The zero-order valence-electron chi connectivity index (χ0n) is 7.91. The van der Waals surface area contributed by atoms with Crippen LogP contribution in [-0.2, 0) is 4.74 Å². The van der Waals surface area contributed by atoms with Crippen molar-refractivity contribution >= 4 is 12.0 Å². The van der Waals surface area contributed by atoms with Gasteiger partial charge >= 0.3 is 6.09 Å². The molecule has 0 fully saturated rings. The molecule has 0 bridgehead atoms. The number of carbonyl (C=O) groups is 2. The van der Waals surface area contributed by atoms with E-state index in [-0.39, 0.29) is 5.56 Å². The van der Waals surface area contributed by atoms with E-state index in [9.17, 15) is 14.0 Å². The molecule has 0 aliphatic heterocycles. The molecule has 0 aliphatic carbocycles. The lowest BCUT2D eigenvalue weighted by Crippen LogP contribution is -2.41. The minimum atomic E-state index is -0.834. The highest BCUT2D eigenvalue weighted by Crippen LogP contribution is 2.04. The minimum Gasteiger partial charge on any atom is -0.452 e. The van der Waals surface area contributed by atoms with E-state index in [1.165, 1.54) is 18.2 Å². The van der Waals surface area contributed by atoms with Crippen molar-refractivity contribution in [1.82, 2.24) is 10.9 Å². The van der Waals surface area contributed by atoms with Crippen LogP contribution >= 0.6 is 0 Å². The van der Waals surface area contributed by atoms with Crippen LogP contribution in [0.15, 0.2) is 24.3 Å². The number of ether oxygens (including phenoxy) is 1. The highest BCUT2D eigenvalue weighted by Gasteiger charge is 2.10. The van der Waals surface area contributed by atoms with Crippen LogP contribution < -0.4 is 10.9 Å². The fourth-order valence-electron chi connectivity index (χ4n) is 0.872. The van der Waals surface area contributed by atoms with Gasteiger partial charge in [0, 0.05) is 0 Å². The molecule has 0 aliphatic rings. The molecule has 0 spiro atoms. The summed E-state index contributed by atoms with van der Waals surface area (Å²) >= 11 is 0. The smallest absolute Gasteiger partial charge is 0.425 e. The Labute approximate surface area is 85.2 Å². The maximum absolute atomic E-state index is 13.0. The monoisotopic (exact) mass is 212 g/mol. The predicted octanol–water partition coefficient (Wildman–Crippen LogP) is 0.826. The van der Waals surface area contributed by atoms with Crippen LogP contribution in [0.2, 0.25) is 0 Å². The number of benzene rings is 1. The van der Waals surface area contributed by atoms with E-state index in [1.807, 2.05) is 10.9 Å². The van der Waals surface area contributed by atoms with Crippen LogP contribution in [0.1, 0.15) is 10.4 Å². The van der Waals surface area contributed by atoms with Crippen molar-refractivity contribution in [1.29, 1.82) is 0 Å². The minimum absolute atomic E-state index is 0.158. The predicted molar refractivity (Wildman–Crippen MR) is 49.4 cm³/mol. The summed E-state index contributed by atoms with van der Waals surface area (Å²) in [5.74, 6) is -1.42. The highest BCUT2D eigenvalue weighted by atomic mass is 19.1. The Morgan fingerprint density at radius 2 is 1.93 bits per heavy atom. The Morgan fingerprint density at radius 3 is 2.53 bits per heavy atom. The van der Waals surface area contributed by atoms with Crippen LogP contribution in [0, 0.1) is 5.82 Å². The molecule has 0 heterocycles. The molecule has 1 rings (SSSR count). The van der Waals surface area contributed by atoms with E-state index in [0.717, 1.165) is 13.2 Å². The molecule has 0 radical (unpaired) electrons. The number of hydrogen-bond donors (Lipinski definition) is 2. The molecule has 0 saturated heterocycles. The van der Waals surface area contributed by atoms with E-state index < -0.39 is 17.8 Å². The van der Waals surface area contributed by atoms with Crippen LogP contribution in [0.3, 0.4) is 0 Å². The number of rotatable bonds is 1. The van der Waals surface area contributed by atoms with Crippen molar-refractivity contribution in [3.8, 4) is 0 Å². The lowest BCUT2D eigenvalue weighted by Gasteiger charge is -2.06. The largest absolute Gasteiger partial charge is 0.452 e. The SMILES string of the molecule is COC(=O)NNC(=O)c1ccccc1F. The lowest BCUT2D eigenvalue weighted by atomic mass is 10.2. The third-order valence-electron chi connectivity index (χ3n) is 1.58. The Kier molecular flexibility index (Phi) is 3.61. The Morgan fingerprint density at radius 1 is 1.27 bits per heavy atom. The van der Waals surface area contributed by atoms with Crippen molar-refractivity contribution in [3.05, 3.63) is 35.6 Å². The number of halogens is 1. The van der Waals surface area contributed by atoms with Crippen LogP contribution in [0.25, 0.3) is 0 Å².